The van der Waals surface area contributed by atoms with Crippen LogP contribution in [0.4, 0.5) is 5.82 Å². The number of hydrogen-bond acceptors (Lipinski definition) is 4. The second kappa shape index (κ2) is 7.69. The van der Waals surface area contributed by atoms with Crippen LogP contribution >= 0.6 is 0 Å². The van der Waals surface area contributed by atoms with Crippen molar-refractivity contribution in [1.82, 2.24) is 9.88 Å². The van der Waals surface area contributed by atoms with E-state index in [1.807, 2.05) is 6.07 Å². The van der Waals surface area contributed by atoms with Crippen LogP contribution in [0.25, 0.3) is 0 Å². The van der Waals surface area contributed by atoms with Gasteiger partial charge < -0.3 is 10.0 Å². The molecule has 5 heteroatoms. The molecule has 2 aliphatic heterocycles. The van der Waals surface area contributed by atoms with E-state index in [1.165, 1.54) is 24.8 Å². The lowest BCUT2D eigenvalue weighted by atomic mass is 9.73. The lowest BCUT2D eigenvalue weighted by molar-refractivity contribution is 0.0679. The van der Waals surface area contributed by atoms with Crippen molar-refractivity contribution in [1.29, 1.82) is 0 Å². The van der Waals surface area contributed by atoms with Crippen LogP contribution in [0.5, 0.6) is 0 Å². The van der Waals surface area contributed by atoms with E-state index in [2.05, 4.69) is 45.1 Å². The predicted molar refractivity (Wildman–Crippen MR) is 106 cm³/mol. The first-order chi connectivity index (χ1) is 13.1. The molecular formula is C22H27N3O2. The third-order valence-electron chi connectivity index (χ3n) is 5.93. The van der Waals surface area contributed by atoms with E-state index in [0.717, 1.165) is 45.0 Å². The first-order valence-corrected chi connectivity index (χ1v) is 9.85. The Kier molecular flexibility index (Phi) is 5.12. The number of aromatic carboxylic acids is 1. The van der Waals surface area contributed by atoms with Gasteiger partial charge in [0.1, 0.15) is 5.82 Å². The first-order valence-electron chi connectivity index (χ1n) is 9.85. The highest BCUT2D eigenvalue weighted by atomic mass is 16.4. The number of pyridine rings is 1. The third kappa shape index (κ3) is 4.14. The van der Waals surface area contributed by atoms with Gasteiger partial charge in [0.2, 0.25) is 0 Å². The number of carboxylic acids is 1. The van der Waals surface area contributed by atoms with Crippen LogP contribution in [0.1, 0.15) is 41.7 Å². The summed E-state index contributed by atoms with van der Waals surface area (Å²) in [6.07, 6.45) is 4.85. The molecule has 1 aromatic carbocycles. The number of aromatic nitrogens is 1. The van der Waals surface area contributed by atoms with Gasteiger partial charge in [-0.25, -0.2) is 9.78 Å². The maximum atomic E-state index is 11.3. The number of nitrogens with zero attached hydrogens (tertiary/aromatic N) is 3. The zero-order valence-corrected chi connectivity index (χ0v) is 15.7. The SMILES string of the molecule is O=C(O)c1cccc(N2CCC[C@]3(CCCN(Cc4ccccc4)C3)C2)n1. The Bertz CT molecular complexity index is 791. The molecule has 1 N–H and O–H groups in total. The summed E-state index contributed by atoms with van der Waals surface area (Å²) in [4.78, 5) is 20.5. The van der Waals surface area contributed by atoms with Crippen molar-refractivity contribution >= 4 is 11.8 Å². The van der Waals surface area contributed by atoms with E-state index in [4.69, 9.17) is 0 Å². The molecule has 2 fully saturated rings. The molecule has 2 saturated heterocycles. The van der Waals surface area contributed by atoms with Gasteiger partial charge in [0.05, 0.1) is 0 Å². The summed E-state index contributed by atoms with van der Waals surface area (Å²) < 4.78 is 0. The smallest absolute Gasteiger partial charge is 0.354 e. The predicted octanol–water partition coefficient (Wildman–Crippen LogP) is 3.66. The summed E-state index contributed by atoms with van der Waals surface area (Å²) in [5.41, 5.74) is 1.78. The van der Waals surface area contributed by atoms with Crippen LogP contribution in [0.2, 0.25) is 0 Å². The van der Waals surface area contributed by atoms with Gasteiger partial charge in [-0.1, -0.05) is 36.4 Å². The minimum atomic E-state index is -0.963. The van der Waals surface area contributed by atoms with Crippen LogP contribution in [-0.2, 0) is 6.54 Å². The average molecular weight is 365 g/mol. The summed E-state index contributed by atoms with van der Waals surface area (Å²) in [6.45, 7) is 5.20. The molecule has 0 aliphatic carbocycles. The topological polar surface area (TPSA) is 56.7 Å². The number of benzene rings is 1. The Labute approximate surface area is 160 Å². The second-order valence-electron chi connectivity index (χ2n) is 8.01. The lowest BCUT2D eigenvalue weighted by Crippen LogP contribution is -2.52. The molecule has 2 aliphatic rings. The summed E-state index contributed by atoms with van der Waals surface area (Å²) >= 11 is 0. The molecule has 1 aromatic heterocycles. The van der Waals surface area contributed by atoms with Crippen molar-refractivity contribution in [2.24, 2.45) is 5.41 Å². The van der Waals surface area contributed by atoms with E-state index in [0.29, 0.717) is 0 Å². The zero-order valence-electron chi connectivity index (χ0n) is 15.7. The molecular weight excluding hydrogens is 338 g/mol. The molecule has 0 unspecified atom stereocenters. The maximum Gasteiger partial charge on any atom is 0.354 e. The van der Waals surface area contributed by atoms with Crippen LogP contribution in [0.3, 0.4) is 0 Å². The van der Waals surface area contributed by atoms with E-state index in [9.17, 15) is 9.90 Å². The van der Waals surface area contributed by atoms with E-state index in [-0.39, 0.29) is 11.1 Å². The number of rotatable bonds is 4. The van der Waals surface area contributed by atoms with Crippen molar-refractivity contribution in [2.45, 2.75) is 32.2 Å². The van der Waals surface area contributed by atoms with Crippen molar-refractivity contribution in [3.05, 3.63) is 59.8 Å². The molecule has 1 spiro atoms. The highest BCUT2D eigenvalue weighted by Gasteiger charge is 2.39. The van der Waals surface area contributed by atoms with Crippen molar-refractivity contribution in [3.8, 4) is 0 Å². The maximum absolute atomic E-state index is 11.3. The molecule has 27 heavy (non-hydrogen) atoms. The monoisotopic (exact) mass is 365 g/mol. The first kappa shape index (κ1) is 18.0. The standard InChI is InChI=1S/C22H27N3O2/c26-21(27)19-9-4-10-20(23-19)25-14-6-12-22(17-25)11-5-13-24(16-22)15-18-7-2-1-3-8-18/h1-4,7-10H,5-6,11-17H2,(H,26,27)/t22-/m0/s1. The second-order valence-corrected chi connectivity index (χ2v) is 8.01. The molecule has 3 heterocycles. The molecule has 0 saturated carbocycles. The largest absolute Gasteiger partial charge is 0.477 e. The molecule has 0 amide bonds. The van der Waals surface area contributed by atoms with E-state index < -0.39 is 5.97 Å². The fourth-order valence-electron chi connectivity index (χ4n) is 4.74. The number of anilines is 1. The van der Waals surface area contributed by atoms with Crippen molar-refractivity contribution in [2.75, 3.05) is 31.1 Å². The average Bonchev–Trinajstić information content (AvgIpc) is 2.69. The van der Waals surface area contributed by atoms with Gasteiger partial charge in [0.15, 0.2) is 5.69 Å². The van der Waals surface area contributed by atoms with Gasteiger partial charge in [-0.2, -0.15) is 0 Å². The number of hydrogen-bond donors (Lipinski definition) is 1. The lowest BCUT2D eigenvalue weighted by Gasteiger charge is -2.49. The molecule has 1 atom stereocenters. The van der Waals surface area contributed by atoms with Gasteiger partial charge in [-0.15, -0.1) is 0 Å². The Morgan fingerprint density at radius 1 is 1.00 bits per heavy atom. The van der Waals surface area contributed by atoms with Crippen molar-refractivity contribution < 1.29 is 9.90 Å². The molecule has 142 valence electrons. The summed E-state index contributed by atoms with van der Waals surface area (Å²) in [7, 11) is 0. The van der Waals surface area contributed by atoms with E-state index >= 15 is 0 Å². The fraction of sp³-hybridized carbons (Fsp3) is 0.455. The minimum Gasteiger partial charge on any atom is -0.477 e. The Balaban J connectivity index is 1.48. The van der Waals surface area contributed by atoms with Crippen LogP contribution in [0.15, 0.2) is 48.5 Å². The minimum absolute atomic E-state index is 0.126. The molecule has 4 rings (SSSR count). The normalized spacial score (nSPS) is 23.5. The Morgan fingerprint density at radius 2 is 1.78 bits per heavy atom. The summed E-state index contributed by atoms with van der Waals surface area (Å²) in [6, 6.07) is 16.0. The van der Waals surface area contributed by atoms with Crippen LogP contribution < -0.4 is 4.90 Å². The van der Waals surface area contributed by atoms with E-state index in [1.54, 1.807) is 12.1 Å². The third-order valence-corrected chi connectivity index (χ3v) is 5.93. The molecule has 5 nitrogen and oxygen atoms in total. The van der Waals surface area contributed by atoms with Gasteiger partial charge in [0, 0.05) is 31.6 Å². The van der Waals surface area contributed by atoms with Gasteiger partial charge in [-0.3, -0.25) is 4.90 Å². The Morgan fingerprint density at radius 3 is 2.56 bits per heavy atom. The fourth-order valence-corrected chi connectivity index (χ4v) is 4.74. The molecule has 2 aromatic rings. The number of carboxylic acid groups (broad SMARTS) is 1. The highest BCUT2D eigenvalue weighted by Crippen LogP contribution is 2.39. The van der Waals surface area contributed by atoms with Crippen LogP contribution in [0, 0.1) is 5.41 Å². The number of piperidine rings is 2. The van der Waals surface area contributed by atoms with Gasteiger partial charge >= 0.3 is 5.97 Å². The number of carbonyl (C=O) groups is 1. The Hall–Kier alpha value is -2.40. The molecule has 0 bridgehead atoms. The summed E-state index contributed by atoms with van der Waals surface area (Å²) in [5.74, 6) is -0.163. The van der Waals surface area contributed by atoms with Gasteiger partial charge in [-0.05, 0) is 49.9 Å². The quantitative estimate of drug-likeness (QED) is 0.896. The number of likely N-dealkylation sites (tertiary alicyclic amines) is 1. The molecule has 0 radical (unpaired) electrons. The van der Waals surface area contributed by atoms with Gasteiger partial charge in [0.25, 0.3) is 0 Å². The van der Waals surface area contributed by atoms with Crippen molar-refractivity contribution in [3.63, 3.8) is 0 Å². The van der Waals surface area contributed by atoms with Crippen LogP contribution in [-0.4, -0.2) is 47.1 Å². The highest BCUT2D eigenvalue weighted by molar-refractivity contribution is 5.85. The summed E-state index contributed by atoms with van der Waals surface area (Å²) in [5, 5.41) is 9.24. The zero-order chi connectivity index (χ0) is 18.7.